The molecule has 0 amide bonds. The van der Waals surface area contributed by atoms with E-state index in [-0.39, 0.29) is 0 Å². The van der Waals surface area contributed by atoms with Gasteiger partial charge in [-0.2, -0.15) is 0 Å². The van der Waals surface area contributed by atoms with Crippen LogP contribution in [0.25, 0.3) is 56.7 Å². The quantitative estimate of drug-likeness (QED) is 0.186. The van der Waals surface area contributed by atoms with Crippen molar-refractivity contribution in [3.8, 4) is 28.2 Å². The van der Waals surface area contributed by atoms with Crippen LogP contribution in [0, 0.1) is 5.41 Å². The minimum atomic E-state index is 0.493. The summed E-state index contributed by atoms with van der Waals surface area (Å²) >= 11 is 0. The largest absolute Gasteiger partial charge is 0.354 e. The number of hydrogen-bond donors (Lipinski definition) is 2. The molecule has 8 rings (SSSR count). The fourth-order valence-corrected chi connectivity index (χ4v) is 6.38. The molecule has 0 aliphatic carbocycles. The topological polar surface area (TPSA) is 53.7 Å². The molecule has 0 spiro atoms. The zero-order chi connectivity index (χ0) is 31.7. The predicted molar refractivity (Wildman–Crippen MR) is 195 cm³/mol. The Morgan fingerprint density at radius 3 is 2.06 bits per heavy atom. The van der Waals surface area contributed by atoms with Gasteiger partial charge in [0, 0.05) is 28.1 Å². The van der Waals surface area contributed by atoms with E-state index in [2.05, 4.69) is 131 Å². The average molecular weight is 605 g/mol. The van der Waals surface area contributed by atoms with Crippen LogP contribution < -0.4 is 5.32 Å². The molecule has 224 valence electrons. The molecule has 6 aromatic carbocycles. The van der Waals surface area contributed by atoms with Crippen LogP contribution in [-0.2, 0) is 0 Å². The Morgan fingerprint density at radius 1 is 0.617 bits per heavy atom. The van der Waals surface area contributed by atoms with E-state index in [1.54, 1.807) is 0 Å². The molecule has 1 aromatic heterocycles. The van der Waals surface area contributed by atoms with Crippen LogP contribution in [0.5, 0.6) is 0 Å². The van der Waals surface area contributed by atoms with Crippen molar-refractivity contribution >= 4 is 34.2 Å². The maximum Gasteiger partial charge on any atom is 0.145 e. The van der Waals surface area contributed by atoms with E-state index in [0.29, 0.717) is 5.71 Å². The maximum atomic E-state index is 9.33. The summed E-state index contributed by atoms with van der Waals surface area (Å²) in [6, 6.07) is 54.2. The summed E-state index contributed by atoms with van der Waals surface area (Å²) in [5.41, 5.74) is 13.9. The van der Waals surface area contributed by atoms with Crippen molar-refractivity contribution in [3.05, 3.63) is 186 Å². The number of nitrogens with one attached hydrogen (secondary N) is 2. The fourth-order valence-electron chi connectivity index (χ4n) is 6.38. The minimum absolute atomic E-state index is 0.493. The third-order valence-corrected chi connectivity index (χ3v) is 8.83. The molecule has 7 aromatic rings. The second kappa shape index (κ2) is 11.9. The van der Waals surface area contributed by atoms with Gasteiger partial charge in [-0.1, -0.05) is 127 Å². The Morgan fingerprint density at radius 2 is 1.28 bits per heavy atom. The lowest BCUT2D eigenvalue weighted by Gasteiger charge is -2.25. The second-order valence-corrected chi connectivity index (χ2v) is 11.8. The van der Waals surface area contributed by atoms with E-state index in [4.69, 9.17) is 4.98 Å². The van der Waals surface area contributed by atoms with Gasteiger partial charge in [0.15, 0.2) is 0 Å². The highest BCUT2D eigenvalue weighted by atomic mass is 15.1. The number of aromatic nitrogens is 2. The molecular formula is C43H32N4. The number of hydrogen-bond acceptors (Lipinski definition) is 3. The number of fused-ring (bicyclic) bond motifs is 2. The van der Waals surface area contributed by atoms with Crippen molar-refractivity contribution in [2.75, 3.05) is 0 Å². The summed E-state index contributed by atoms with van der Waals surface area (Å²) in [6.07, 6.45) is 2.19. The molecule has 0 bridgehead atoms. The lowest BCUT2D eigenvalue weighted by molar-refractivity contribution is 1.10. The number of nitrogens with zero attached hydrogens (tertiary/aromatic N) is 2. The van der Waals surface area contributed by atoms with E-state index in [1.165, 1.54) is 0 Å². The summed E-state index contributed by atoms with van der Waals surface area (Å²) in [5.74, 6) is 0.918. The van der Waals surface area contributed by atoms with Crippen LogP contribution in [-0.4, -0.2) is 15.3 Å². The number of allylic oxidation sites excluding steroid dienone is 1. The normalized spacial score (nSPS) is 13.4. The van der Waals surface area contributed by atoms with Crippen LogP contribution in [0.15, 0.2) is 163 Å². The molecule has 0 radical (unpaired) electrons. The molecule has 2 heterocycles. The number of para-hydroxylation sites is 2. The third-order valence-electron chi connectivity index (χ3n) is 8.83. The molecule has 1 aliphatic rings. The van der Waals surface area contributed by atoms with Gasteiger partial charge in [-0.25, -0.2) is 4.98 Å². The molecule has 47 heavy (non-hydrogen) atoms. The molecule has 4 heteroatoms. The zero-order valence-electron chi connectivity index (χ0n) is 26.0. The second-order valence-electron chi connectivity index (χ2n) is 11.8. The van der Waals surface area contributed by atoms with Gasteiger partial charge in [-0.05, 0) is 71.2 Å². The number of rotatable bonds is 6. The fraction of sp³-hybridized carbons (Fsp3) is 0.0233. The molecule has 4 nitrogen and oxygen atoms in total. The summed E-state index contributed by atoms with van der Waals surface area (Å²) < 4.78 is 2.23. The van der Waals surface area contributed by atoms with Gasteiger partial charge in [0.25, 0.3) is 0 Å². The van der Waals surface area contributed by atoms with Gasteiger partial charge >= 0.3 is 0 Å². The Bertz CT molecular complexity index is 2330. The molecule has 0 fully saturated rings. The zero-order valence-corrected chi connectivity index (χ0v) is 26.0. The Kier molecular flexibility index (Phi) is 7.16. The van der Waals surface area contributed by atoms with Gasteiger partial charge in [0.2, 0.25) is 0 Å². The molecule has 0 unspecified atom stereocenters. The summed E-state index contributed by atoms with van der Waals surface area (Å²) in [7, 11) is 0. The van der Waals surface area contributed by atoms with Crippen LogP contribution in [0.2, 0.25) is 0 Å². The SMILES string of the molecule is C/C(C(=N)c1cccc(-c2ccc(-n3c(-c4ccccc4)nc4ccccc43)cc2)c1)=C1/NC(c2ccccc2)=Cc2ccccc21. The molecule has 0 saturated heterocycles. The maximum absolute atomic E-state index is 9.33. The van der Waals surface area contributed by atoms with Crippen molar-refractivity contribution in [3.63, 3.8) is 0 Å². The summed E-state index contributed by atoms with van der Waals surface area (Å²) in [4.78, 5) is 4.99. The van der Waals surface area contributed by atoms with Gasteiger partial charge < -0.3 is 5.32 Å². The first kappa shape index (κ1) is 28.2. The van der Waals surface area contributed by atoms with Crippen molar-refractivity contribution in [2.45, 2.75) is 6.92 Å². The lowest BCUT2D eigenvalue weighted by Crippen LogP contribution is -2.19. The van der Waals surface area contributed by atoms with E-state index >= 15 is 0 Å². The van der Waals surface area contributed by atoms with Crippen LogP contribution in [0.4, 0.5) is 0 Å². The van der Waals surface area contributed by atoms with E-state index in [9.17, 15) is 5.41 Å². The van der Waals surface area contributed by atoms with Gasteiger partial charge in [-0.15, -0.1) is 0 Å². The number of benzene rings is 6. The molecule has 2 N–H and O–H groups in total. The van der Waals surface area contributed by atoms with Gasteiger partial charge in [0.1, 0.15) is 5.82 Å². The summed E-state index contributed by atoms with van der Waals surface area (Å²) in [5, 5.41) is 13.0. The van der Waals surface area contributed by atoms with Crippen molar-refractivity contribution < 1.29 is 0 Å². The predicted octanol–water partition coefficient (Wildman–Crippen LogP) is 10.3. The van der Waals surface area contributed by atoms with E-state index in [0.717, 1.165) is 78.5 Å². The first-order chi connectivity index (χ1) is 23.1. The smallest absolute Gasteiger partial charge is 0.145 e. The summed E-state index contributed by atoms with van der Waals surface area (Å²) in [6.45, 7) is 2.04. The van der Waals surface area contributed by atoms with Crippen molar-refractivity contribution in [2.24, 2.45) is 0 Å². The average Bonchev–Trinajstić information content (AvgIpc) is 3.54. The number of imidazole rings is 1. The molecule has 1 aliphatic heterocycles. The van der Waals surface area contributed by atoms with Gasteiger partial charge in [0.05, 0.1) is 22.4 Å². The Hall–Kier alpha value is -6.26. The van der Waals surface area contributed by atoms with Crippen LogP contribution >= 0.6 is 0 Å². The highest BCUT2D eigenvalue weighted by molar-refractivity contribution is 6.16. The van der Waals surface area contributed by atoms with Gasteiger partial charge in [-0.3, -0.25) is 9.98 Å². The third kappa shape index (κ3) is 5.26. The minimum Gasteiger partial charge on any atom is -0.354 e. The van der Waals surface area contributed by atoms with E-state index < -0.39 is 0 Å². The Balaban J connectivity index is 1.13. The molecule has 0 saturated carbocycles. The standard InChI is InChI=1S/C43H32N4/c1-29(42-37-20-9-8-17-34(37)28-39(45-42)31-13-4-2-5-14-31)41(44)35-19-12-18-33(27-35)30-23-25-36(26-24-30)47-40-22-11-10-21-38(40)46-43(47)32-15-6-3-7-16-32/h2-28,44-45H,1H3/b42-29-,44-41?. The van der Waals surface area contributed by atoms with Crippen molar-refractivity contribution in [1.29, 1.82) is 5.41 Å². The van der Waals surface area contributed by atoms with E-state index in [1.807, 2.05) is 49.4 Å². The molecular weight excluding hydrogens is 573 g/mol. The van der Waals surface area contributed by atoms with Crippen LogP contribution in [0.3, 0.4) is 0 Å². The molecule has 0 atom stereocenters. The lowest BCUT2D eigenvalue weighted by atomic mass is 9.91. The first-order valence-corrected chi connectivity index (χ1v) is 15.8. The Labute approximate surface area is 274 Å². The van der Waals surface area contributed by atoms with Crippen LogP contribution in [0.1, 0.15) is 29.2 Å². The monoisotopic (exact) mass is 604 g/mol. The highest BCUT2D eigenvalue weighted by Crippen LogP contribution is 2.34. The highest BCUT2D eigenvalue weighted by Gasteiger charge is 2.20. The van der Waals surface area contributed by atoms with Crippen molar-refractivity contribution in [1.82, 2.24) is 14.9 Å². The first-order valence-electron chi connectivity index (χ1n) is 15.8.